The SMILES string of the molecule is CCc1c(C)nc(CN2CCC3(CCC3)CC2)c(-c2ccc(OCCc3ccc(F)cc3)cc2)c1N1CCC2(CCC2)CC1. The van der Waals surface area contributed by atoms with Gasteiger partial charge in [-0.05, 0) is 130 Å². The van der Waals surface area contributed by atoms with E-state index >= 15 is 0 Å². The van der Waals surface area contributed by atoms with E-state index in [1.807, 2.05) is 12.1 Å². The van der Waals surface area contributed by atoms with Crippen LogP contribution < -0.4 is 9.64 Å². The van der Waals surface area contributed by atoms with Crippen molar-refractivity contribution in [3.05, 3.63) is 76.9 Å². The molecule has 4 fully saturated rings. The van der Waals surface area contributed by atoms with Gasteiger partial charge in [-0.2, -0.15) is 0 Å². The summed E-state index contributed by atoms with van der Waals surface area (Å²) in [4.78, 5) is 10.8. The van der Waals surface area contributed by atoms with E-state index in [1.54, 1.807) is 0 Å². The second-order valence-electron chi connectivity index (χ2n) is 14.4. The van der Waals surface area contributed by atoms with Crippen LogP contribution in [0.1, 0.15) is 93.6 Å². The molecule has 2 saturated carbocycles. The normalized spacial score (nSPS) is 20.8. The van der Waals surface area contributed by atoms with Crippen LogP contribution in [0.15, 0.2) is 48.5 Å². The molecule has 0 N–H and O–H groups in total. The minimum absolute atomic E-state index is 0.199. The van der Waals surface area contributed by atoms with Crippen molar-refractivity contribution in [1.29, 1.82) is 0 Å². The third kappa shape index (κ3) is 6.01. The van der Waals surface area contributed by atoms with Crippen LogP contribution in [0.5, 0.6) is 5.75 Å². The van der Waals surface area contributed by atoms with Crippen LogP contribution in [-0.4, -0.2) is 42.7 Å². The smallest absolute Gasteiger partial charge is 0.123 e. The minimum Gasteiger partial charge on any atom is -0.493 e. The van der Waals surface area contributed by atoms with E-state index in [9.17, 15) is 4.39 Å². The van der Waals surface area contributed by atoms with Crippen LogP contribution in [0.25, 0.3) is 11.1 Å². The van der Waals surface area contributed by atoms with Gasteiger partial charge in [0.1, 0.15) is 11.6 Å². The highest BCUT2D eigenvalue weighted by molar-refractivity contribution is 5.84. The van der Waals surface area contributed by atoms with Crippen molar-refractivity contribution in [1.82, 2.24) is 9.88 Å². The molecule has 0 amide bonds. The number of aryl methyl sites for hydroxylation is 1. The van der Waals surface area contributed by atoms with Crippen LogP contribution >= 0.6 is 0 Å². The Morgan fingerprint density at radius 1 is 0.795 bits per heavy atom. The average molecular weight is 596 g/mol. The molecule has 2 aliphatic carbocycles. The molecule has 2 saturated heterocycles. The second kappa shape index (κ2) is 12.5. The number of pyridine rings is 1. The maximum absolute atomic E-state index is 13.3. The van der Waals surface area contributed by atoms with Gasteiger partial charge < -0.3 is 9.64 Å². The molecule has 2 spiro atoms. The maximum atomic E-state index is 13.3. The fourth-order valence-corrected chi connectivity index (χ4v) is 8.59. The van der Waals surface area contributed by atoms with E-state index in [-0.39, 0.29) is 5.82 Å². The summed E-state index contributed by atoms with van der Waals surface area (Å²) in [6.07, 6.45) is 15.7. The molecular formula is C39H50FN3O. The lowest BCUT2D eigenvalue weighted by molar-refractivity contribution is 0.0301. The lowest BCUT2D eigenvalue weighted by Crippen LogP contribution is -2.44. The van der Waals surface area contributed by atoms with E-state index in [4.69, 9.17) is 9.72 Å². The van der Waals surface area contributed by atoms with Gasteiger partial charge in [0.15, 0.2) is 0 Å². The number of aromatic nitrogens is 1. The molecule has 5 heteroatoms. The number of rotatable bonds is 9. The molecule has 0 unspecified atom stereocenters. The standard InChI is InChI=1S/C39H50FN3O/c1-3-34-29(2)41-35(28-42-23-19-38(20-24-42)15-4-16-38)36(37(34)43-25-21-39(22-26-43)17-5-18-39)31-8-12-33(13-9-31)44-27-14-30-6-10-32(40)11-7-30/h6-13H,3-5,14-28H2,1-2H3. The Hall–Kier alpha value is -2.92. The van der Waals surface area contributed by atoms with Crippen LogP contribution in [0, 0.1) is 23.6 Å². The Morgan fingerprint density at radius 2 is 1.41 bits per heavy atom. The van der Waals surface area contributed by atoms with Gasteiger partial charge in [-0.15, -0.1) is 0 Å². The molecule has 234 valence electrons. The Kier molecular flexibility index (Phi) is 8.43. The number of ether oxygens (including phenoxy) is 1. The topological polar surface area (TPSA) is 28.6 Å². The van der Waals surface area contributed by atoms with E-state index in [1.165, 1.54) is 123 Å². The molecule has 3 heterocycles. The molecule has 3 aromatic rings. The number of likely N-dealkylation sites (tertiary alicyclic amines) is 1. The molecule has 4 aliphatic rings. The molecule has 0 bridgehead atoms. The van der Waals surface area contributed by atoms with Crippen molar-refractivity contribution >= 4 is 5.69 Å². The largest absolute Gasteiger partial charge is 0.493 e. The van der Waals surface area contributed by atoms with Crippen LogP contribution in [0.2, 0.25) is 0 Å². The van der Waals surface area contributed by atoms with Crippen molar-refractivity contribution in [2.24, 2.45) is 10.8 Å². The molecule has 44 heavy (non-hydrogen) atoms. The van der Waals surface area contributed by atoms with Crippen LogP contribution in [-0.2, 0) is 19.4 Å². The monoisotopic (exact) mass is 595 g/mol. The first kappa shape index (κ1) is 29.8. The first-order chi connectivity index (χ1) is 21.4. The highest BCUT2D eigenvalue weighted by atomic mass is 19.1. The summed E-state index contributed by atoms with van der Waals surface area (Å²) in [5, 5.41) is 0. The number of halogens is 1. The van der Waals surface area contributed by atoms with E-state index in [0.717, 1.165) is 43.8 Å². The fourth-order valence-electron chi connectivity index (χ4n) is 8.59. The van der Waals surface area contributed by atoms with Gasteiger partial charge in [0.25, 0.3) is 0 Å². The lowest BCUT2D eigenvalue weighted by Gasteiger charge is -2.49. The van der Waals surface area contributed by atoms with E-state index < -0.39 is 0 Å². The molecule has 2 aliphatic heterocycles. The molecule has 1 aromatic heterocycles. The lowest BCUT2D eigenvalue weighted by atomic mass is 9.63. The average Bonchev–Trinajstić information content (AvgIpc) is 3.01. The Bertz CT molecular complexity index is 1420. The summed E-state index contributed by atoms with van der Waals surface area (Å²) in [6.45, 7) is 10.7. The van der Waals surface area contributed by atoms with Gasteiger partial charge >= 0.3 is 0 Å². The summed E-state index contributed by atoms with van der Waals surface area (Å²) in [5.74, 6) is 0.678. The number of hydrogen-bond acceptors (Lipinski definition) is 4. The quantitative estimate of drug-likeness (QED) is 0.247. The van der Waals surface area contributed by atoms with Crippen LogP contribution in [0.4, 0.5) is 10.1 Å². The van der Waals surface area contributed by atoms with Crippen molar-refractivity contribution < 1.29 is 9.13 Å². The molecular weight excluding hydrogens is 545 g/mol. The third-order valence-corrected chi connectivity index (χ3v) is 11.9. The highest BCUT2D eigenvalue weighted by Crippen LogP contribution is 2.51. The van der Waals surface area contributed by atoms with Gasteiger partial charge in [0, 0.05) is 37.3 Å². The summed E-state index contributed by atoms with van der Waals surface area (Å²) >= 11 is 0. The zero-order chi connectivity index (χ0) is 30.1. The Balaban J connectivity index is 1.17. The summed E-state index contributed by atoms with van der Waals surface area (Å²) in [7, 11) is 0. The zero-order valence-electron chi connectivity index (χ0n) is 27.0. The predicted octanol–water partition coefficient (Wildman–Crippen LogP) is 8.92. The number of nitrogens with zero attached hydrogens (tertiary/aromatic N) is 3. The van der Waals surface area contributed by atoms with Crippen LogP contribution in [0.3, 0.4) is 0 Å². The molecule has 2 aromatic carbocycles. The van der Waals surface area contributed by atoms with E-state index in [0.29, 0.717) is 17.4 Å². The van der Waals surface area contributed by atoms with Crippen molar-refractivity contribution in [2.45, 2.75) is 97.4 Å². The summed E-state index contributed by atoms with van der Waals surface area (Å²) in [6, 6.07) is 15.5. The zero-order valence-corrected chi connectivity index (χ0v) is 27.0. The minimum atomic E-state index is -0.199. The second-order valence-corrected chi connectivity index (χ2v) is 14.4. The number of piperidine rings is 2. The predicted molar refractivity (Wildman–Crippen MR) is 178 cm³/mol. The molecule has 7 rings (SSSR count). The molecule has 0 atom stereocenters. The van der Waals surface area contributed by atoms with Gasteiger partial charge in [-0.3, -0.25) is 9.88 Å². The van der Waals surface area contributed by atoms with Gasteiger partial charge in [0.2, 0.25) is 0 Å². The van der Waals surface area contributed by atoms with Crippen molar-refractivity contribution in [2.75, 3.05) is 37.7 Å². The summed E-state index contributed by atoms with van der Waals surface area (Å²) < 4.78 is 19.4. The van der Waals surface area contributed by atoms with Gasteiger partial charge in [-0.25, -0.2) is 4.39 Å². The Morgan fingerprint density at radius 3 is 1.98 bits per heavy atom. The molecule has 4 nitrogen and oxygen atoms in total. The van der Waals surface area contributed by atoms with Gasteiger partial charge in [0.05, 0.1) is 18.0 Å². The van der Waals surface area contributed by atoms with E-state index in [2.05, 4.69) is 47.9 Å². The van der Waals surface area contributed by atoms with Crippen molar-refractivity contribution in [3.8, 4) is 16.9 Å². The van der Waals surface area contributed by atoms with Crippen molar-refractivity contribution in [3.63, 3.8) is 0 Å². The maximum Gasteiger partial charge on any atom is 0.123 e. The number of benzene rings is 2. The summed E-state index contributed by atoms with van der Waals surface area (Å²) in [5.41, 5.74) is 10.3. The highest BCUT2D eigenvalue weighted by Gasteiger charge is 2.41. The Labute approximate surface area is 264 Å². The van der Waals surface area contributed by atoms with Gasteiger partial charge in [-0.1, -0.05) is 44.0 Å². The first-order valence-corrected chi connectivity index (χ1v) is 17.4. The third-order valence-electron chi connectivity index (χ3n) is 11.9. The number of anilines is 1. The number of hydrogen-bond donors (Lipinski definition) is 0. The first-order valence-electron chi connectivity index (χ1n) is 17.4. The molecule has 0 radical (unpaired) electrons. The fraction of sp³-hybridized carbons (Fsp3) is 0.564.